The summed E-state index contributed by atoms with van der Waals surface area (Å²) in [4.78, 5) is 40.0. The zero-order valence-electron chi connectivity index (χ0n) is 15.9. The molecule has 11 N–H and O–H groups in total. The molecule has 0 amide bonds. The second kappa shape index (κ2) is 16.0. The van der Waals surface area contributed by atoms with Gasteiger partial charge < -0.3 is 42.7 Å². The zero-order valence-corrected chi connectivity index (χ0v) is 16.8. The van der Waals surface area contributed by atoms with E-state index in [0.29, 0.717) is 0 Å². The number of nitrogens with two attached hydrogens (primary N) is 3. The molecule has 30 heavy (non-hydrogen) atoms. The number of rotatable bonds is 9. The Labute approximate surface area is 177 Å². The Hall–Kier alpha value is -2.87. The summed E-state index contributed by atoms with van der Waals surface area (Å²) in [6.45, 7) is 0. The van der Waals surface area contributed by atoms with Gasteiger partial charge in [0.2, 0.25) is 0 Å². The van der Waals surface area contributed by atoms with Crippen molar-refractivity contribution in [1.82, 2.24) is 0 Å². The number of phenols is 1. The van der Waals surface area contributed by atoms with E-state index in [4.69, 9.17) is 42.7 Å². The number of thiol groups is 1. The number of benzene rings is 1. The molecule has 0 spiro atoms. The Balaban J connectivity index is 0. The molecule has 3 atom stereocenters. The van der Waals surface area contributed by atoms with Crippen LogP contribution < -0.4 is 17.2 Å². The van der Waals surface area contributed by atoms with Gasteiger partial charge in [0.05, 0.1) is 0 Å². The van der Waals surface area contributed by atoms with E-state index in [0.717, 1.165) is 5.56 Å². The summed E-state index contributed by atoms with van der Waals surface area (Å²) in [5.74, 6) is -3.87. The van der Waals surface area contributed by atoms with Gasteiger partial charge in [-0.05, 0) is 30.5 Å². The Morgan fingerprint density at radius 3 is 1.53 bits per heavy atom. The van der Waals surface area contributed by atoms with E-state index in [9.17, 15) is 19.2 Å². The highest BCUT2D eigenvalue weighted by atomic mass is 32.1. The Morgan fingerprint density at radius 2 is 1.23 bits per heavy atom. The van der Waals surface area contributed by atoms with Crippen molar-refractivity contribution in [3.8, 4) is 5.75 Å². The van der Waals surface area contributed by atoms with E-state index in [-0.39, 0.29) is 30.8 Å². The lowest BCUT2D eigenvalue weighted by Crippen LogP contribution is -2.32. The fourth-order valence-corrected chi connectivity index (χ4v) is 1.61. The molecule has 12 nitrogen and oxygen atoms in total. The van der Waals surface area contributed by atoms with Gasteiger partial charge >= 0.3 is 23.9 Å². The molecule has 1 aromatic rings. The molecular formula is C17H27N3O9S. The highest BCUT2D eigenvalue weighted by molar-refractivity contribution is 7.80. The molecule has 13 heteroatoms. The van der Waals surface area contributed by atoms with Crippen molar-refractivity contribution < 1.29 is 44.7 Å². The van der Waals surface area contributed by atoms with Crippen LogP contribution in [0, 0.1) is 0 Å². The molecule has 0 radical (unpaired) electrons. The van der Waals surface area contributed by atoms with Crippen molar-refractivity contribution >= 4 is 36.5 Å². The minimum absolute atomic E-state index is 0.0231. The molecule has 0 aliphatic heterocycles. The van der Waals surface area contributed by atoms with Gasteiger partial charge in [-0.3, -0.25) is 19.2 Å². The van der Waals surface area contributed by atoms with Crippen molar-refractivity contribution in [3.63, 3.8) is 0 Å². The Bertz CT molecular complexity index is 686. The number of carboxylic acid groups (broad SMARTS) is 4. The van der Waals surface area contributed by atoms with Crippen molar-refractivity contribution in [1.29, 1.82) is 0 Å². The highest BCUT2D eigenvalue weighted by Gasteiger charge is 2.12. The van der Waals surface area contributed by atoms with E-state index >= 15 is 0 Å². The topological polar surface area (TPSA) is 247 Å². The molecular weight excluding hydrogens is 422 g/mol. The minimum Gasteiger partial charge on any atom is -0.508 e. The molecule has 0 aliphatic rings. The van der Waals surface area contributed by atoms with Gasteiger partial charge in [0.25, 0.3) is 0 Å². The zero-order chi connectivity index (χ0) is 23.9. The van der Waals surface area contributed by atoms with Crippen molar-refractivity contribution in [2.24, 2.45) is 17.2 Å². The fraction of sp³-hybridized carbons (Fsp3) is 0.412. The van der Waals surface area contributed by atoms with E-state index in [1.54, 1.807) is 12.1 Å². The lowest BCUT2D eigenvalue weighted by Gasteiger charge is -2.05. The van der Waals surface area contributed by atoms with Crippen LogP contribution in [0.3, 0.4) is 0 Å². The highest BCUT2D eigenvalue weighted by Crippen LogP contribution is 2.10. The maximum atomic E-state index is 10.4. The molecule has 0 saturated heterocycles. The third kappa shape index (κ3) is 16.1. The van der Waals surface area contributed by atoms with Gasteiger partial charge in [-0.2, -0.15) is 12.6 Å². The molecule has 0 aromatic heterocycles. The summed E-state index contributed by atoms with van der Waals surface area (Å²) in [5, 5.41) is 41.8. The van der Waals surface area contributed by atoms with Gasteiger partial charge in [0.1, 0.15) is 23.9 Å². The fourth-order valence-electron chi connectivity index (χ4n) is 1.45. The summed E-state index contributed by atoms with van der Waals surface area (Å²) < 4.78 is 0. The number of carboxylic acids is 4. The first-order valence-electron chi connectivity index (χ1n) is 8.37. The summed E-state index contributed by atoms with van der Waals surface area (Å²) in [6, 6.07) is 3.55. The smallest absolute Gasteiger partial charge is 0.321 e. The quantitative estimate of drug-likeness (QED) is 0.205. The first-order chi connectivity index (χ1) is 13.8. The van der Waals surface area contributed by atoms with Gasteiger partial charge in [-0.15, -0.1) is 0 Å². The molecule has 0 bridgehead atoms. The molecule has 0 heterocycles. The first kappa shape index (κ1) is 29.3. The number of aromatic hydroxyl groups is 1. The van der Waals surface area contributed by atoms with Gasteiger partial charge in [0.15, 0.2) is 0 Å². The number of aliphatic carboxylic acids is 4. The van der Waals surface area contributed by atoms with Crippen LogP contribution in [0.1, 0.15) is 18.4 Å². The molecule has 3 unspecified atom stereocenters. The van der Waals surface area contributed by atoms with Crippen molar-refractivity contribution in [2.45, 2.75) is 37.4 Å². The van der Waals surface area contributed by atoms with Crippen LogP contribution in [0.2, 0.25) is 0 Å². The Morgan fingerprint density at radius 1 is 0.800 bits per heavy atom. The standard InChI is InChI=1S/C9H11NO3.C5H9NO4.C3H7NO2S/c10-8(9(12)13)5-6-1-3-7(11)4-2-6;6-3(5(9)10)1-2-4(7)8;4-2(1-7)3(5)6/h1-4,8,11H,5,10H2,(H,12,13);3H,1-2,6H2,(H,7,8)(H,9,10);2,7H,1,4H2,(H,5,6). The van der Waals surface area contributed by atoms with Gasteiger partial charge in [0, 0.05) is 12.2 Å². The van der Waals surface area contributed by atoms with Crippen LogP contribution in [0.25, 0.3) is 0 Å². The van der Waals surface area contributed by atoms with Crippen LogP contribution in [-0.4, -0.2) is 73.3 Å². The van der Waals surface area contributed by atoms with Crippen LogP contribution in [-0.2, 0) is 25.6 Å². The average Bonchev–Trinajstić information content (AvgIpc) is 2.67. The third-order valence-corrected chi connectivity index (χ3v) is 3.60. The maximum Gasteiger partial charge on any atom is 0.321 e. The number of carbonyl (C=O) groups is 4. The molecule has 0 fully saturated rings. The average molecular weight is 449 g/mol. The van der Waals surface area contributed by atoms with Crippen LogP contribution in [0.15, 0.2) is 24.3 Å². The van der Waals surface area contributed by atoms with Crippen LogP contribution in [0.4, 0.5) is 0 Å². The van der Waals surface area contributed by atoms with Crippen LogP contribution >= 0.6 is 12.6 Å². The second-order valence-corrected chi connectivity index (χ2v) is 6.18. The van der Waals surface area contributed by atoms with Crippen molar-refractivity contribution in [2.75, 3.05) is 5.75 Å². The lowest BCUT2D eigenvalue weighted by atomic mass is 10.1. The van der Waals surface area contributed by atoms with Gasteiger partial charge in [-0.25, -0.2) is 0 Å². The van der Waals surface area contributed by atoms with E-state index in [1.165, 1.54) is 12.1 Å². The monoisotopic (exact) mass is 449 g/mol. The normalized spacial score (nSPS) is 12.7. The summed E-state index contributed by atoms with van der Waals surface area (Å²) >= 11 is 3.65. The minimum atomic E-state index is -1.17. The van der Waals surface area contributed by atoms with Crippen LogP contribution in [0.5, 0.6) is 5.75 Å². The van der Waals surface area contributed by atoms with E-state index in [1.807, 2.05) is 0 Å². The third-order valence-electron chi connectivity index (χ3n) is 3.21. The predicted molar refractivity (Wildman–Crippen MR) is 109 cm³/mol. The summed E-state index contributed by atoms with van der Waals surface area (Å²) in [5.41, 5.74) is 16.1. The molecule has 170 valence electrons. The molecule has 1 rings (SSSR count). The summed E-state index contributed by atoms with van der Waals surface area (Å²) in [6.07, 6.45) is 0.0494. The molecule has 1 aromatic carbocycles. The second-order valence-electron chi connectivity index (χ2n) is 5.82. The Kier molecular flexibility index (Phi) is 15.6. The predicted octanol–water partition coefficient (Wildman–Crippen LogP) is -1.06. The van der Waals surface area contributed by atoms with E-state index in [2.05, 4.69) is 12.6 Å². The number of hydrogen-bond donors (Lipinski definition) is 9. The number of hydrogen-bond acceptors (Lipinski definition) is 9. The molecule has 0 aliphatic carbocycles. The maximum absolute atomic E-state index is 10.4. The number of phenolic OH excluding ortho intramolecular Hbond substituents is 1. The molecule has 0 saturated carbocycles. The van der Waals surface area contributed by atoms with Gasteiger partial charge in [-0.1, -0.05) is 12.1 Å². The summed E-state index contributed by atoms with van der Waals surface area (Å²) in [7, 11) is 0. The van der Waals surface area contributed by atoms with E-state index < -0.39 is 42.0 Å². The SMILES string of the molecule is NC(CCC(=O)O)C(=O)O.NC(CS)C(=O)O.NC(Cc1ccc(O)cc1)C(=O)O. The lowest BCUT2D eigenvalue weighted by molar-refractivity contribution is -0.140. The largest absolute Gasteiger partial charge is 0.508 e. The first-order valence-corrected chi connectivity index (χ1v) is 9.00. The van der Waals surface area contributed by atoms with Crippen molar-refractivity contribution in [3.05, 3.63) is 29.8 Å².